The second-order valence-corrected chi connectivity index (χ2v) is 4.07. The molecule has 0 radical (unpaired) electrons. The molecule has 2 rings (SSSR count). The fourth-order valence-corrected chi connectivity index (χ4v) is 1.85. The number of nitrogens with one attached hydrogen (secondary N) is 1. The van der Waals surface area contributed by atoms with Gasteiger partial charge in [-0.3, -0.25) is 4.90 Å². The maximum absolute atomic E-state index is 8.69. The van der Waals surface area contributed by atoms with Crippen molar-refractivity contribution in [3.05, 3.63) is 29.8 Å². The first-order valence-electron chi connectivity index (χ1n) is 5.92. The summed E-state index contributed by atoms with van der Waals surface area (Å²) in [6.45, 7) is 5.69. The zero-order valence-corrected chi connectivity index (χ0v) is 9.85. The van der Waals surface area contributed by atoms with Crippen LogP contribution in [0.25, 0.3) is 0 Å². The normalized spacial score (nSPS) is 16.4. The van der Waals surface area contributed by atoms with Crippen LogP contribution in [0, 0.1) is 11.3 Å². The van der Waals surface area contributed by atoms with Gasteiger partial charge in [0.1, 0.15) is 0 Å². The standard InChI is InChI=1S/C13H17N3O/c14-11-12-1-3-13(4-2-12)15-5-6-16-7-9-17-10-8-16/h1-4,15H,5-10H2. The number of morpholine rings is 1. The minimum absolute atomic E-state index is 0.698. The van der Waals surface area contributed by atoms with Crippen LogP contribution >= 0.6 is 0 Å². The molecule has 1 aromatic rings. The van der Waals surface area contributed by atoms with Crippen molar-refractivity contribution in [3.8, 4) is 6.07 Å². The molecule has 0 bridgehead atoms. The summed E-state index contributed by atoms with van der Waals surface area (Å²) in [7, 11) is 0. The highest BCUT2D eigenvalue weighted by Crippen LogP contribution is 2.08. The molecular weight excluding hydrogens is 214 g/mol. The van der Waals surface area contributed by atoms with Gasteiger partial charge in [0, 0.05) is 31.9 Å². The van der Waals surface area contributed by atoms with Gasteiger partial charge in [-0.05, 0) is 24.3 Å². The van der Waals surface area contributed by atoms with Crippen molar-refractivity contribution in [1.82, 2.24) is 4.90 Å². The van der Waals surface area contributed by atoms with Gasteiger partial charge in [-0.2, -0.15) is 5.26 Å². The van der Waals surface area contributed by atoms with E-state index in [9.17, 15) is 0 Å². The second-order valence-electron chi connectivity index (χ2n) is 4.07. The zero-order valence-electron chi connectivity index (χ0n) is 9.85. The molecule has 0 amide bonds. The Bertz CT molecular complexity index is 377. The molecule has 1 heterocycles. The van der Waals surface area contributed by atoms with Crippen LogP contribution in [-0.4, -0.2) is 44.3 Å². The highest BCUT2D eigenvalue weighted by Gasteiger charge is 2.08. The smallest absolute Gasteiger partial charge is 0.0991 e. The van der Waals surface area contributed by atoms with Crippen molar-refractivity contribution in [2.24, 2.45) is 0 Å². The lowest BCUT2D eigenvalue weighted by atomic mass is 10.2. The molecule has 90 valence electrons. The Labute approximate surface area is 102 Å². The van der Waals surface area contributed by atoms with Gasteiger partial charge in [0.15, 0.2) is 0 Å². The molecule has 0 saturated carbocycles. The Hall–Kier alpha value is -1.57. The van der Waals surface area contributed by atoms with E-state index < -0.39 is 0 Å². The molecule has 1 aliphatic rings. The average molecular weight is 231 g/mol. The summed E-state index contributed by atoms with van der Waals surface area (Å²) in [5, 5.41) is 12.0. The number of benzene rings is 1. The van der Waals surface area contributed by atoms with Crippen molar-refractivity contribution in [2.75, 3.05) is 44.7 Å². The first-order valence-corrected chi connectivity index (χ1v) is 5.92. The van der Waals surface area contributed by atoms with E-state index in [-0.39, 0.29) is 0 Å². The molecular formula is C13H17N3O. The summed E-state index contributed by atoms with van der Waals surface area (Å²) >= 11 is 0. The van der Waals surface area contributed by atoms with Gasteiger partial charge in [0.2, 0.25) is 0 Å². The summed E-state index contributed by atoms with van der Waals surface area (Å²) in [4.78, 5) is 2.39. The van der Waals surface area contributed by atoms with E-state index in [1.165, 1.54) is 0 Å². The van der Waals surface area contributed by atoms with E-state index in [2.05, 4.69) is 16.3 Å². The van der Waals surface area contributed by atoms with Crippen LogP contribution in [0.2, 0.25) is 0 Å². The highest BCUT2D eigenvalue weighted by atomic mass is 16.5. The Morgan fingerprint density at radius 3 is 2.59 bits per heavy atom. The summed E-state index contributed by atoms with van der Waals surface area (Å²) in [5.74, 6) is 0. The van der Waals surface area contributed by atoms with Crippen LogP contribution in [0.5, 0.6) is 0 Å². The van der Waals surface area contributed by atoms with Crippen molar-refractivity contribution in [3.63, 3.8) is 0 Å². The molecule has 1 N–H and O–H groups in total. The molecule has 0 unspecified atom stereocenters. The van der Waals surface area contributed by atoms with Gasteiger partial charge in [-0.25, -0.2) is 0 Å². The predicted molar refractivity (Wildman–Crippen MR) is 66.9 cm³/mol. The largest absolute Gasteiger partial charge is 0.384 e. The van der Waals surface area contributed by atoms with Gasteiger partial charge < -0.3 is 10.1 Å². The Morgan fingerprint density at radius 1 is 1.24 bits per heavy atom. The molecule has 4 nitrogen and oxygen atoms in total. The molecule has 4 heteroatoms. The summed E-state index contributed by atoms with van der Waals surface area (Å²) in [6, 6.07) is 9.66. The van der Waals surface area contributed by atoms with E-state index in [1.807, 2.05) is 24.3 Å². The molecule has 1 aliphatic heterocycles. The van der Waals surface area contributed by atoms with Crippen molar-refractivity contribution >= 4 is 5.69 Å². The summed E-state index contributed by atoms with van der Waals surface area (Å²) in [6.07, 6.45) is 0. The highest BCUT2D eigenvalue weighted by molar-refractivity contribution is 5.47. The van der Waals surface area contributed by atoms with E-state index in [4.69, 9.17) is 10.00 Å². The number of nitrogens with zero attached hydrogens (tertiary/aromatic N) is 2. The molecule has 0 spiro atoms. The first-order chi connectivity index (χ1) is 8.38. The molecule has 0 aromatic heterocycles. The maximum Gasteiger partial charge on any atom is 0.0991 e. The lowest BCUT2D eigenvalue weighted by molar-refractivity contribution is 0.0398. The molecule has 0 aliphatic carbocycles. The lowest BCUT2D eigenvalue weighted by Gasteiger charge is -2.26. The Kier molecular flexibility index (Phi) is 4.37. The third-order valence-corrected chi connectivity index (χ3v) is 2.87. The minimum Gasteiger partial charge on any atom is -0.384 e. The number of hydrogen-bond acceptors (Lipinski definition) is 4. The number of ether oxygens (including phenoxy) is 1. The maximum atomic E-state index is 8.69. The fraction of sp³-hybridized carbons (Fsp3) is 0.462. The lowest BCUT2D eigenvalue weighted by Crippen LogP contribution is -2.38. The van der Waals surface area contributed by atoms with E-state index in [0.29, 0.717) is 5.56 Å². The number of nitriles is 1. The Morgan fingerprint density at radius 2 is 1.94 bits per heavy atom. The van der Waals surface area contributed by atoms with Gasteiger partial charge in [-0.15, -0.1) is 0 Å². The Balaban J connectivity index is 1.72. The molecule has 0 atom stereocenters. The quantitative estimate of drug-likeness (QED) is 0.848. The van der Waals surface area contributed by atoms with Gasteiger partial charge in [0.05, 0.1) is 24.8 Å². The van der Waals surface area contributed by atoms with E-state index >= 15 is 0 Å². The van der Waals surface area contributed by atoms with Crippen LogP contribution in [-0.2, 0) is 4.74 Å². The van der Waals surface area contributed by atoms with Gasteiger partial charge in [-0.1, -0.05) is 0 Å². The molecule has 1 fully saturated rings. The monoisotopic (exact) mass is 231 g/mol. The van der Waals surface area contributed by atoms with E-state index in [0.717, 1.165) is 45.1 Å². The third kappa shape index (κ3) is 3.74. The minimum atomic E-state index is 0.698. The predicted octanol–water partition coefficient (Wildman–Crippen LogP) is 1.30. The average Bonchev–Trinajstić information content (AvgIpc) is 2.41. The van der Waals surface area contributed by atoms with Crippen molar-refractivity contribution < 1.29 is 4.74 Å². The van der Waals surface area contributed by atoms with Crippen LogP contribution in [0.15, 0.2) is 24.3 Å². The third-order valence-electron chi connectivity index (χ3n) is 2.87. The van der Waals surface area contributed by atoms with Crippen LogP contribution in [0.4, 0.5) is 5.69 Å². The fourth-order valence-electron chi connectivity index (χ4n) is 1.85. The second kappa shape index (κ2) is 6.24. The number of hydrogen-bond donors (Lipinski definition) is 1. The summed E-state index contributed by atoms with van der Waals surface area (Å²) in [5.41, 5.74) is 1.76. The topological polar surface area (TPSA) is 48.3 Å². The molecule has 1 saturated heterocycles. The van der Waals surface area contributed by atoms with Crippen LogP contribution < -0.4 is 5.32 Å². The van der Waals surface area contributed by atoms with Crippen molar-refractivity contribution in [2.45, 2.75) is 0 Å². The molecule has 17 heavy (non-hydrogen) atoms. The zero-order chi connectivity index (χ0) is 11.9. The van der Waals surface area contributed by atoms with Gasteiger partial charge >= 0.3 is 0 Å². The summed E-state index contributed by atoms with van der Waals surface area (Å²) < 4.78 is 5.30. The van der Waals surface area contributed by atoms with E-state index in [1.54, 1.807) is 0 Å². The van der Waals surface area contributed by atoms with Crippen LogP contribution in [0.3, 0.4) is 0 Å². The molecule has 1 aromatic carbocycles. The van der Waals surface area contributed by atoms with Crippen molar-refractivity contribution in [1.29, 1.82) is 5.26 Å². The number of anilines is 1. The van der Waals surface area contributed by atoms with Gasteiger partial charge in [0.25, 0.3) is 0 Å². The van der Waals surface area contributed by atoms with Crippen LogP contribution in [0.1, 0.15) is 5.56 Å². The first kappa shape index (κ1) is 11.9. The SMILES string of the molecule is N#Cc1ccc(NCCN2CCOCC2)cc1. The number of rotatable bonds is 4.